The lowest BCUT2D eigenvalue weighted by Gasteiger charge is -2.10. The molecule has 0 aliphatic rings. The van der Waals surface area contributed by atoms with E-state index in [2.05, 4.69) is 5.32 Å². The minimum Gasteiger partial charge on any atom is -0.345 e. The quantitative estimate of drug-likeness (QED) is 0.848. The van der Waals surface area contributed by atoms with E-state index >= 15 is 0 Å². The van der Waals surface area contributed by atoms with E-state index in [0.717, 1.165) is 10.5 Å². The predicted octanol–water partition coefficient (Wildman–Crippen LogP) is 2.74. The predicted molar refractivity (Wildman–Crippen MR) is 60.0 cm³/mol. The summed E-state index contributed by atoms with van der Waals surface area (Å²) in [7, 11) is 0. The van der Waals surface area contributed by atoms with Gasteiger partial charge in [0.15, 0.2) is 0 Å². The lowest BCUT2D eigenvalue weighted by atomic mass is 10.3. The fourth-order valence-electron chi connectivity index (χ4n) is 0.772. The van der Waals surface area contributed by atoms with Gasteiger partial charge in [-0.3, -0.25) is 4.79 Å². The van der Waals surface area contributed by atoms with Gasteiger partial charge in [0.2, 0.25) is 0 Å². The zero-order valence-electron chi connectivity index (χ0n) is 7.31. The maximum atomic E-state index is 12.4. The summed E-state index contributed by atoms with van der Waals surface area (Å²) in [5.74, 6) is -3.30. The van der Waals surface area contributed by atoms with Crippen molar-refractivity contribution in [3.05, 3.63) is 19.9 Å². The molecule has 0 saturated carbocycles. The van der Waals surface area contributed by atoms with E-state index in [1.807, 2.05) is 22.6 Å². The van der Waals surface area contributed by atoms with Gasteiger partial charge in [-0.05, 0) is 34.0 Å². The Bertz CT molecular complexity index is 334. The van der Waals surface area contributed by atoms with E-state index in [-0.39, 0.29) is 0 Å². The molecule has 0 bridgehead atoms. The molecule has 1 heterocycles. The highest BCUT2D eigenvalue weighted by atomic mass is 127. The van der Waals surface area contributed by atoms with Crippen molar-refractivity contribution >= 4 is 39.8 Å². The summed E-state index contributed by atoms with van der Waals surface area (Å²) < 4.78 is 25.6. The fourth-order valence-corrected chi connectivity index (χ4v) is 2.52. The number of hydrogen-bond acceptors (Lipinski definition) is 2. The van der Waals surface area contributed by atoms with E-state index in [1.165, 1.54) is 11.3 Å². The molecule has 1 amide bonds. The lowest BCUT2D eigenvalue weighted by Crippen LogP contribution is -2.34. The molecule has 6 heteroatoms. The molecule has 0 fully saturated rings. The minimum atomic E-state index is -2.86. The third-order valence-corrected chi connectivity index (χ3v) is 3.56. The number of rotatable bonds is 3. The Morgan fingerprint density at radius 1 is 1.71 bits per heavy atom. The highest BCUT2D eigenvalue weighted by molar-refractivity contribution is 14.1. The Balaban J connectivity index is 2.56. The van der Waals surface area contributed by atoms with E-state index in [1.54, 1.807) is 11.4 Å². The average molecular weight is 331 g/mol. The third-order valence-electron chi connectivity index (χ3n) is 1.38. The first kappa shape index (κ1) is 11.8. The van der Waals surface area contributed by atoms with Crippen molar-refractivity contribution in [2.75, 3.05) is 6.54 Å². The second-order valence-electron chi connectivity index (χ2n) is 2.85. The van der Waals surface area contributed by atoms with Gasteiger partial charge in [0.1, 0.15) is 4.88 Å². The number of carbonyl (C=O) groups is 1. The van der Waals surface area contributed by atoms with Crippen LogP contribution < -0.4 is 5.32 Å². The van der Waals surface area contributed by atoms with Crippen molar-refractivity contribution in [2.45, 2.75) is 12.8 Å². The zero-order valence-corrected chi connectivity index (χ0v) is 10.3. The van der Waals surface area contributed by atoms with Gasteiger partial charge in [0.05, 0.1) is 6.54 Å². The average Bonchev–Trinajstić information content (AvgIpc) is 2.46. The summed E-state index contributed by atoms with van der Waals surface area (Å²) in [6.07, 6.45) is 0. The molecule has 14 heavy (non-hydrogen) atoms. The Hall–Kier alpha value is -0.240. The summed E-state index contributed by atoms with van der Waals surface area (Å²) in [5.41, 5.74) is 0. The first-order valence-corrected chi connectivity index (χ1v) is 5.75. The molecule has 1 aromatic heterocycles. The van der Waals surface area contributed by atoms with Crippen LogP contribution in [0.1, 0.15) is 16.6 Å². The standard InChI is InChI=1S/C8H8F2INOS/c1-8(9,10)4-12-7(13)6-5(11)2-3-14-6/h2-3H,4H2,1H3,(H,12,13). The number of amides is 1. The van der Waals surface area contributed by atoms with Gasteiger partial charge in [-0.1, -0.05) is 0 Å². The van der Waals surface area contributed by atoms with Crippen LogP contribution in [0.5, 0.6) is 0 Å². The molecule has 0 unspecified atom stereocenters. The number of thiophene rings is 1. The van der Waals surface area contributed by atoms with Crippen molar-refractivity contribution in [3.63, 3.8) is 0 Å². The molecule has 78 valence electrons. The Kier molecular flexibility index (Phi) is 3.82. The van der Waals surface area contributed by atoms with Gasteiger partial charge in [-0.15, -0.1) is 11.3 Å². The molecule has 0 saturated heterocycles. The van der Waals surface area contributed by atoms with Crippen LogP contribution in [-0.2, 0) is 0 Å². The van der Waals surface area contributed by atoms with Gasteiger partial charge in [0.25, 0.3) is 11.8 Å². The Labute approximate surface area is 97.8 Å². The van der Waals surface area contributed by atoms with E-state index in [4.69, 9.17) is 0 Å². The second kappa shape index (κ2) is 4.52. The molecule has 2 nitrogen and oxygen atoms in total. The Morgan fingerprint density at radius 2 is 2.36 bits per heavy atom. The van der Waals surface area contributed by atoms with Gasteiger partial charge < -0.3 is 5.32 Å². The summed E-state index contributed by atoms with van der Waals surface area (Å²) in [4.78, 5) is 11.8. The van der Waals surface area contributed by atoms with Crippen LogP contribution in [0.3, 0.4) is 0 Å². The summed E-state index contributed by atoms with van der Waals surface area (Å²) in [5, 5.41) is 3.93. The van der Waals surface area contributed by atoms with Crippen LogP contribution in [0.4, 0.5) is 8.78 Å². The molecule has 0 aromatic carbocycles. The SMILES string of the molecule is CC(F)(F)CNC(=O)c1sccc1I. The van der Waals surface area contributed by atoms with Gasteiger partial charge in [-0.25, -0.2) is 8.78 Å². The van der Waals surface area contributed by atoms with Crippen LogP contribution in [0.15, 0.2) is 11.4 Å². The van der Waals surface area contributed by atoms with Crippen LogP contribution in [-0.4, -0.2) is 18.4 Å². The van der Waals surface area contributed by atoms with Gasteiger partial charge in [0, 0.05) is 10.5 Å². The first-order chi connectivity index (χ1) is 6.40. The molecule has 1 rings (SSSR count). The topological polar surface area (TPSA) is 29.1 Å². The molecule has 0 spiro atoms. The highest BCUT2D eigenvalue weighted by Gasteiger charge is 2.22. The zero-order chi connectivity index (χ0) is 10.8. The van der Waals surface area contributed by atoms with E-state index < -0.39 is 18.4 Å². The highest BCUT2D eigenvalue weighted by Crippen LogP contribution is 2.18. The fraction of sp³-hybridized carbons (Fsp3) is 0.375. The number of alkyl halides is 2. The number of halogens is 3. The van der Waals surface area contributed by atoms with Gasteiger partial charge >= 0.3 is 0 Å². The van der Waals surface area contributed by atoms with Crippen molar-refractivity contribution in [3.8, 4) is 0 Å². The van der Waals surface area contributed by atoms with Crippen LogP contribution in [0.25, 0.3) is 0 Å². The molecular weight excluding hydrogens is 323 g/mol. The maximum absolute atomic E-state index is 12.4. The minimum absolute atomic E-state index is 0.439. The second-order valence-corrected chi connectivity index (χ2v) is 4.93. The first-order valence-electron chi connectivity index (χ1n) is 3.79. The van der Waals surface area contributed by atoms with Crippen LogP contribution >= 0.6 is 33.9 Å². The molecule has 0 radical (unpaired) electrons. The lowest BCUT2D eigenvalue weighted by molar-refractivity contribution is 0.0221. The summed E-state index contributed by atoms with van der Waals surface area (Å²) >= 11 is 3.24. The molecular formula is C8H8F2INOS. The monoisotopic (exact) mass is 331 g/mol. The molecule has 1 N–H and O–H groups in total. The van der Waals surface area contributed by atoms with E-state index in [0.29, 0.717) is 4.88 Å². The van der Waals surface area contributed by atoms with Gasteiger partial charge in [-0.2, -0.15) is 0 Å². The van der Waals surface area contributed by atoms with Crippen molar-refractivity contribution in [2.24, 2.45) is 0 Å². The van der Waals surface area contributed by atoms with Crippen LogP contribution in [0.2, 0.25) is 0 Å². The molecule has 0 atom stereocenters. The Morgan fingerprint density at radius 3 is 2.79 bits per heavy atom. The van der Waals surface area contributed by atoms with E-state index in [9.17, 15) is 13.6 Å². The number of hydrogen-bond donors (Lipinski definition) is 1. The third kappa shape index (κ3) is 3.49. The van der Waals surface area contributed by atoms with Crippen molar-refractivity contribution in [1.82, 2.24) is 5.32 Å². The van der Waals surface area contributed by atoms with Crippen LogP contribution in [0, 0.1) is 3.57 Å². The smallest absolute Gasteiger partial charge is 0.262 e. The number of nitrogens with one attached hydrogen (secondary N) is 1. The molecule has 0 aliphatic carbocycles. The largest absolute Gasteiger partial charge is 0.345 e. The maximum Gasteiger partial charge on any atom is 0.262 e. The summed E-state index contributed by atoms with van der Waals surface area (Å²) in [6, 6.07) is 1.77. The number of carbonyl (C=O) groups excluding carboxylic acids is 1. The molecule has 0 aliphatic heterocycles. The molecule has 1 aromatic rings. The van der Waals surface area contributed by atoms with Crippen molar-refractivity contribution < 1.29 is 13.6 Å². The summed E-state index contributed by atoms with van der Waals surface area (Å²) in [6.45, 7) is 0.145. The van der Waals surface area contributed by atoms with Crippen molar-refractivity contribution in [1.29, 1.82) is 0 Å². The normalized spacial score (nSPS) is 11.4.